The van der Waals surface area contributed by atoms with Crippen LogP contribution in [0.25, 0.3) is 0 Å². The summed E-state index contributed by atoms with van der Waals surface area (Å²) in [5.74, 6) is -1.67. The Morgan fingerprint density at radius 1 is 1.43 bits per heavy atom. The van der Waals surface area contributed by atoms with Crippen molar-refractivity contribution in [3.8, 4) is 11.6 Å². The minimum absolute atomic E-state index is 0.117. The average Bonchev–Trinajstić information content (AvgIpc) is 2.36. The van der Waals surface area contributed by atoms with Gasteiger partial charge in [0.05, 0.1) is 25.8 Å². The van der Waals surface area contributed by atoms with Crippen LogP contribution in [-0.2, 0) is 22.5 Å². The second-order valence-electron chi connectivity index (χ2n) is 3.84. The molecule has 9 heteroatoms. The van der Waals surface area contributed by atoms with Crippen molar-refractivity contribution in [1.82, 2.24) is 4.98 Å². The maximum absolute atomic E-state index is 12.4. The molecule has 0 spiro atoms. The van der Waals surface area contributed by atoms with Gasteiger partial charge in [-0.05, 0) is 13.0 Å². The normalized spacial score (nSPS) is 11.1. The predicted molar refractivity (Wildman–Crippen MR) is 65.7 cm³/mol. The van der Waals surface area contributed by atoms with Crippen molar-refractivity contribution in [3.05, 3.63) is 17.3 Å². The van der Waals surface area contributed by atoms with Crippen LogP contribution in [0, 0.1) is 0 Å². The molecule has 1 heterocycles. The van der Waals surface area contributed by atoms with E-state index in [1.165, 1.54) is 6.07 Å². The van der Waals surface area contributed by atoms with Crippen LogP contribution >= 0.6 is 0 Å². The SMILES string of the molecule is CCOC(=O)Cc1cc(CN)nc(OC(F)(F)F)c1OC. The van der Waals surface area contributed by atoms with E-state index in [1.807, 2.05) is 0 Å². The summed E-state index contributed by atoms with van der Waals surface area (Å²) in [7, 11) is 1.15. The van der Waals surface area contributed by atoms with E-state index in [0.29, 0.717) is 0 Å². The van der Waals surface area contributed by atoms with Gasteiger partial charge in [-0.15, -0.1) is 13.2 Å². The summed E-state index contributed by atoms with van der Waals surface area (Å²) in [6.45, 7) is 1.65. The molecule has 0 fully saturated rings. The van der Waals surface area contributed by atoms with E-state index in [1.54, 1.807) is 6.92 Å². The molecule has 2 N–H and O–H groups in total. The van der Waals surface area contributed by atoms with Gasteiger partial charge in [0.25, 0.3) is 5.88 Å². The predicted octanol–water partition coefficient (Wildman–Crippen LogP) is 1.55. The van der Waals surface area contributed by atoms with E-state index in [2.05, 4.69) is 9.72 Å². The number of nitrogens with zero attached hydrogens (tertiary/aromatic N) is 1. The van der Waals surface area contributed by atoms with Crippen LogP contribution in [-0.4, -0.2) is 31.0 Å². The first-order chi connectivity index (χ1) is 9.80. The van der Waals surface area contributed by atoms with Gasteiger partial charge in [0, 0.05) is 12.1 Å². The first-order valence-electron chi connectivity index (χ1n) is 5.99. The molecular weight excluding hydrogens is 293 g/mol. The third-order valence-corrected chi connectivity index (χ3v) is 2.34. The van der Waals surface area contributed by atoms with Gasteiger partial charge in [0.2, 0.25) is 0 Å². The van der Waals surface area contributed by atoms with E-state index in [9.17, 15) is 18.0 Å². The molecule has 0 unspecified atom stereocenters. The summed E-state index contributed by atoms with van der Waals surface area (Å²) in [4.78, 5) is 15.1. The summed E-state index contributed by atoms with van der Waals surface area (Å²) in [5.41, 5.74) is 5.67. The maximum Gasteiger partial charge on any atom is 0.574 e. The molecular formula is C12H15F3N2O4. The highest BCUT2D eigenvalue weighted by atomic mass is 19.4. The zero-order valence-electron chi connectivity index (χ0n) is 11.5. The van der Waals surface area contributed by atoms with Gasteiger partial charge in [-0.3, -0.25) is 4.79 Å². The molecule has 6 nitrogen and oxygen atoms in total. The lowest BCUT2D eigenvalue weighted by Gasteiger charge is -2.15. The molecule has 0 saturated carbocycles. The lowest BCUT2D eigenvalue weighted by Crippen LogP contribution is -2.20. The molecule has 1 rings (SSSR count). The average molecular weight is 308 g/mol. The van der Waals surface area contributed by atoms with Crippen molar-refractivity contribution in [2.45, 2.75) is 26.3 Å². The Morgan fingerprint density at radius 2 is 2.10 bits per heavy atom. The highest BCUT2D eigenvalue weighted by Gasteiger charge is 2.34. The van der Waals surface area contributed by atoms with Crippen LogP contribution in [0.5, 0.6) is 11.6 Å². The van der Waals surface area contributed by atoms with Gasteiger partial charge < -0.3 is 19.9 Å². The molecule has 0 aromatic carbocycles. The number of hydrogen-bond acceptors (Lipinski definition) is 6. The maximum atomic E-state index is 12.4. The molecule has 21 heavy (non-hydrogen) atoms. The highest BCUT2D eigenvalue weighted by Crippen LogP contribution is 2.34. The number of methoxy groups -OCH3 is 1. The number of esters is 1. The fraction of sp³-hybridized carbons (Fsp3) is 0.500. The molecule has 118 valence electrons. The van der Waals surface area contributed by atoms with Crippen molar-refractivity contribution in [2.24, 2.45) is 5.73 Å². The van der Waals surface area contributed by atoms with Crippen molar-refractivity contribution in [1.29, 1.82) is 0 Å². The number of ether oxygens (including phenoxy) is 3. The summed E-state index contributed by atoms with van der Waals surface area (Å²) >= 11 is 0. The molecule has 1 aromatic rings. The van der Waals surface area contributed by atoms with Gasteiger partial charge >= 0.3 is 12.3 Å². The van der Waals surface area contributed by atoms with Crippen LogP contribution in [0.3, 0.4) is 0 Å². The molecule has 0 bridgehead atoms. The van der Waals surface area contributed by atoms with Crippen molar-refractivity contribution < 1.29 is 32.2 Å². The van der Waals surface area contributed by atoms with Crippen LogP contribution in [0.2, 0.25) is 0 Å². The van der Waals surface area contributed by atoms with Crippen molar-refractivity contribution in [3.63, 3.8) is 0 Å². The molecule has 0 aliphatic carbocycles. The summed E-state index contributed by atoms with van der Waals surface area (Å²) in [6, 6.07) is 1.37. The van der Waals surface area contributed by atoms with Gasteiger partial charge in [-0.2, -0.15) is 0 Å². The van der Waals surface area contributed by atoms with Crippen LogP contribution in [0.15, 0.2) is 6.07 Å². The standard InChI is InChI=1S/C12H15F3N2O4/c1-3-20-9(18)5-7-4-8(6-16)17-11(10(7)19-2)21-12(13,14)15/h4H,3,5-6,16H2,1-2H3. The first kappa shape index (κ1) is 17.0. The Labute approximate surface area is 119 Å². The number of nitrogens with two attached hydrogens (primary N) is 1. The number of carbonyl (C=O) groups excluding carboxylic acids is 1. The van der Waals surface area contributed by atoms with Gasteiger partial charge in [0.15, 0.2) is 5.75 Å². The Bertz CT molecular complexity index is 506. The van der Waals surface area contributed by atoms with E-state index in [4.69, 9.17) is 15.2 Å². The Kier molecular flexibility index (Phi) is 5.77. The van der Waals surface area contributed by atoms with Gasteiger partial charge in [0.1, 0.15) is 0 Å². The lowest BCUT2D eigenvalue weighted by atomic mass is 10.1. The molecule has 0 aliphatic heterocycles. The Balaban J connectivity index is 3.21. The number of aromatic nitrogens is 1. The largest absolute Gasteiger partial charge is 0.574 e. The minimum atomic E-state index is -4.94. The van der Waals surface area contributed by atoms with E-state index in [-0.39, 0.29) is 36.6 Å². The number of pyridine rings is 1. The van der Waals surface area contributed by atoms with E-state index in [0.717, 1.165) is 7.11 Å². The second kappa shape index (κ2) is 7.11. The first-order valence-corrected chi connectivity index (χ1v) is 5.99. The van der Waals surface area contributed by atoms with E-state index >= 15 is 0 Å². The van der Waals surface area contributed by atoms with Crippen molar-refractivity contribution in [2.75, 3.05) is 13.7 Å². The Morgan fingerprint density at radius 3 is 2.57 bits per heavy atom. The second-order valence-corrected chi connectivity index (χ2v) is 3.84. The molecule has 0 radical (unpaired) electrons. The number of alkyl halides is 3. The lowest BCUT2D eigenvalue weighted by molar-refractivity contribution is -0.276. The molecule has 0 atom stereocenters. The molecule has 0 saturated heterocycles. The van der Waals surface area contributed by atoms with Crippen molar-refractivity contribution >= 4 is 5.97 Å². The number of carbonyl (C=O) groups is 1. The molecule has 0 aliphatic rings. The van der Waals surface area contributed by atoms with Crippen LogP contribution < -0.4 is 15.2 Å². The van der Waals surface area contributed by atoms with Crippen LogP contribution in [0.1, 0.15) is 18.2 Å². The van der Waals surface area contributed by atoms with Gasteiger partial charge in [-0.1, -0.05) is 0 Å². The summed E-state index contributed by atoms with van der Waals surface area (Å²) < 4.78 is 50.5. The third-order valence-electron chi connectivity index (χ3n) is 2.34. The number of hydrogen-bond donors (Lipinski definition) is 1. The van der Waals surface area contributed by atoms with Gasteiger partial charge in [-0.25, -0.2) is 4.98 Å². The molecule has 0 amide bonds. The number of rotatable bonds is 6. The third kappa shape index (κ3) is 5.10. The molecule has 1 aromatic heterocycles. The fourth-order valence-electron chi connectivity index (χ4n) is 1.62. The fourth-order valence-corrected chi connectivity index (χ4v) is 1.62. The van der Waals surface area contributed by atoms with Crippen LogP contribution in [0.4, 0.5) is 13.2 Å². The zero-order chi connectivity index (χ0) is 16.0. The smallest absolute Gasteiger partial charge is 0.491 e. The monoisotopic (exact) mass is 308 g/mol. The summed E-state index contributed by atoms with van der Waals surface area (Å²) in [5, 5.41) is 0. The minimum Gasteiger partial charge on any atom is -0.491 e. The summed E-state index contributed by atoms with van der Waals surface area (Å²) in [6.07, 6.45) is -5.21. The highest BCUT2D eigenvalue weighted by molar-refractivity contribution is 5.74. The zero-order valence-corrected chi connectivity index (χ0v) is 11.5. The Hall–Kier alpha value is -2.03. The number of halogens is 3. The quantitative estimate of drug-likeness (QED) is 0.803. The van der Waals surface area contributed by atoms with E-state index < -0.39 is 18.2 Å². The topological polar surface area (TPSA) is 83.7 Å².